The van der Waals surface area contributed by atoms with Crippen LogP contribution >= 0.6 is 27.5 Å². The second-order valence-corrected chi connectivity index (χ2v) is 6.54. The Bertz CT molecular complexity index is 677. The van der Waals surface area contributed by atoms with Crippen LogP contribution in [0.15, 0.2) is 54.6 Å². The van der Waals surface area contributed by atoms with Gasteiger partial charge in [-0.05, 0) is 40.2 Å². The second kappa shape index (κ2) is 7.01. The molecule has 0 spiro atoms. The minimum atomic E-state index is -1.04. The number of benzene rings is 2. The van der Waals surface area contributed by atoms with Crippen molar-refractivity contribution in [2.75, 3.05) is 13.2 Å². The summed E-state index contributed by atoms with van der Waals surface area (Å²) in [6.45, 7) is 0.435. The Labute approximate surface area is 147 Å². The Hall–Kier alpha value is -1.40. The highest BCUT2D eigenvalue weighted by molar-refractivity contribution is 9.09. The molecule has 1 heterocycles. The maximum Gasteiger partial charge on any atom is 0.338 e. The van der Waals surface area contributed by atoms with E-state index in [1.165, 1.54) is 0 Å². The number of hydrogen-bond acceptors (Lipinski definition) is 4. The molecular formula is C17H14BrClO4. The number of rotatable bonds is 4. The summed E-state index contributed by atoms with van der Waals surface area (Å²) < 4.78 is 15.7. The Morgan fingerprint density at radius 3 is 2.61 bits per heavy atom. The zero-order chi connectivity index (χ0) is 16.3. The first-order chi connectivity index (χ1) is 11.1. The minimum Gasteiger partial charge on any atom is -0.459 e. The van der Waals surface area contributed by atoms with Crippen LogP contribution in [-0.2, 0) is 18.9 Å². The molecule has 0 aromatic heterocycles. The van der Waals surface area contributed by atoms with Gasteiger partial charge in [0.05, 0.1) is 12.2 Å². The monoisotopic (exact) mass is 396 g/mol. The van der Waals surface area contributed by atoms with Gasteiger partial charge >= 0.3 is 5.97 Å². The fourth-order valence-electron chi connectivity index (χ4n) is 2.19. The highest BCUT2D eigenvalue weighted by atomic mass is 79.9. The van der Waals surface area contributed by atoms with Gasteiger partial charge in [0.1, 0.15) is 12.7 Å². The van der Waals surface area contributed by atoms with Crippen LogP contribution < -0.4 is 0 Å². The summed E-state index contributed by atoms with van der Waals surface area (Å²) in [6, 6.07) is 16.0. The SMILES string of the molecule is O=C(OC[C@@H]1CO[C@@](Br)(c2ccc(Cl)cc2)O1)c1ccccc1. The van der Waals surface area contributed by atoms with E-state index < -0.39 is 4.70 Å². The molecule has 0 amide bonds. The smallest absolute Gasteiger partial charge is 0.338 e. The third-order valence-corrected chi connectivity index (χ3v) is 4.50. The molecule has 0 N–H and O–H groups in total. The van der Waals surface area contributed by atoms with Crippen LogP contribution in [0.2, 0.25) is 5.02 Å². The van der Waals surface area contributed by atoms with Gasteiger partial charge < -0.3 is 14.2 Å². The second-order valence-electron chi connectivity index (χ2n) is 5.06. The van der Waals surface area contributed by atoms with E-state index in [-0.39, 0.29) is 18.7 Å². The normalized spacial score (nSPS) is 23.7. The average Bonchev–Trinajstić information content (AvgIpc) is 2.96. The van der Waals surface area contributed by atoms with Crippen LogP contribution in [0.25, 0.3) is 0 Å². The van der Waals surface area contributed by atoms with Crippen molar-refractivity contribution in [2.24, 2.45) is 0 Å². The molecule has 3 rings (SSSR count). The van der Waals surface area contributed by atoms with Crippen LogP contribution in [0.5, 0.6) is 0 Å². The molecular weight excluding hydrogens is 384 g/mol. The number of carbonyl (C=O) groups excluding carboxylic acids is 1. The molecule has 0 unspecified atom stereocenters. The van der Waals surface area contributed by atoms with Crippen LogP contribution in [0.1, 0.15) is 15.9 Å². The van der Waals surface area contributed by atoms with E-state index >= 15 is 0 Å². The van der Waals surface area contributed by atoms with Crippen molar-refractivity contribution in [2.45, 2.75) is 10.8 Å². The molecule has 0 saturated carbocycles. The van der Waals surface area contributed by atoms with Gasteiger partial charge in [-0.2, -0.15) is 0 Å². The molecule has 0 aliphatic carbocycles. The third kappa shape index (κ3) is 3.93. The van der Waals surface area contributed by atoms with E-state index in [1.807, 2.05) is 18.2 Å². The van der Waals surface area contributed by atoms with E-state index in [4.69, 9.17) is 25.8 Å². The molecule has 2 aromatic rings. The van der Waals surface area contributed by atoms with Gasteiger partial charge in [-0.1, -0.05) is 41.9 Å². The maximum atomic E-state index is 11.9. The summed E-state index contributed by atoms with van der Waals surface area (Å²) in [7, 11) is 0. The summed E-state index contributed by atoms with van der Waals surface area (Å²) in [5.74, 6) is -0.382. The van der Waals surface area contributed by atoms with E-state index in [2.05, 4.69) is 15.9 Å². The molecule has 4 nitrogen and oxygen atoms in total. The number of ether oxygens (including phenoxy) is 3. The quantitative estimate of drug-likeness (QED) is 0.575. The topological polar surface area (TPSA) is 44.8 Å². The predicted molar refractivity (Wildman–Crippen MR) is 89.6 cm³/mol. The van der Waals surface area contributed by atoms with Crippen LogP contribution in [-0.4, -0.2) is 25.3 Å². The van der Waals surface area contributed by atoms with Crippen molar-refractivity contribution in [1.29, 1.82) is 0 Å². The lowest BCUT2D eigenvalue weighted by atomic mass is 10.2. The maximum absolute atomic E-state index is 11.9. The molecule has 120 valence electrons. The minimum absolute atomic E-state index is 0.120. The third-order valence-electron chi connectivity index (χ3n) is 3.37. The van der Waals surface area contributed by atoms with Gasteiger partial charge in [-0.15, -0.1) is 0 Å². The van der Waals surface area contributed by atoms with Crippen LogP contribution in [0, 0.1) is 0 Å². The lowest BCUT2D eigenvalue weighted by molar-refractivity contribution is -0.0963. The zero-order valence-electron chi connectivity index (χ0n) is 12.1. The first-order valence-corrected chi connectivity index (χ1v) is 8.23. The van der Waals surface area contributed by atoms with E-state index in [9.17, 15) is 4.79 Å². The Morgan fingerprint density at radius 1 is 1.22 bits per heavy atom. The number of carbonyl (C=O) groups is 1. The summed E-state index contributed by atoms with van der Waals surface area (Å²) in [6.07, 6.45) is -0.349. The molecule has 2 atom stereocenters. The summed E-state index contributed by atoms with van der Waals surface area (Å²) >= 11 is 9.32. The number of alkyl halides is 1. The van der Waals surface area contributed by atoms with Crippen molar-refractivity contribution >= 4 is 33.5 Å². The fraction of sp³-hybridized carbons (Fsp3) is 0.235. The summed E-state index contributed by atoms with van der Waals surface area (Å²) in [4.78, 5) is 11.9. The van der Waals surface area contributed by atoms with E-state index in [0.717, 1.165) is 5.56 Å². The van der Waals surface area contributed by atoms with Gasteiger partial charge in [-0.25, -0.2) is 4.79 Å². The standard InChI is InChI=1S/C17H14BrClO4/c18-17(13-6-8-14(19)9-7-13)22-11-15(23-17)10-21-16(20)12-4-2-1-3-5-12/h1-9,15H,10-11H2/t15-,17+/m1/s1. The molecule has 1 aliphatic rings. The highest BCUT2D eigenvalue weighted by Crippen LogP contribution is 2.40. The van der Waals surface area contributed by atoms with Gasteiger partial charge in [0.25, 0.3) is 4.70 Å². The Morgan fingerprint density at radius 2 is 1.91 bits per heavy atom. The molecule has 1 saturated heterocycles. The van der Waals surface area contributed by atoms with Crippen molar-refractivity contribution in [3.8, 4) is 0 Å². The lowest BCUT2D eigenvalue weighted by Crippen LogP contribution is -2.24. The Kier molecular flexibility index (Phi) is 5.02. The van der Waals surface area contributed by atoms with E-state index in [1.54, 1.807) is 36.4 Å². The molecule has 6 heteroatoms. The molecule has 2 aromatic carbocycles. The summed E-state index contributed by atoms with van der Waals surface area (Å²) in [5.41, 5.74) is 1.30. The molecule has 1 fully saturated rings. The van der Waals surface area contributed by atoms with Crippen molar-refractivity contribution in [1.82, 2.24) is 0 Å². The van der Waals surface area contributed by atoms with Crippen LogP contribution in [0.4, 0.5) is 0 Å². The zero-order valence-corrected chi connectivity index (χ0v) is 14.4. The summed E-state index contributed by atoms with van der Waals surface area (Å²) in [5, 5.41) is 0.635. The predicted octanol–water partition coefficient (Wildman–Crippen LogP) is 4.12. The Balaban J connectivity index is 1.57. The molecule has 0 radical (unpaired) electrons. The van der Waals surface area contributed by atoms with Gasteiger partial charge in [0.2, 0.25) is 0 Å². The largest absolute Gasteiger partial charge is 0.459 e. The van der Waals surface area contributed by atoms with Crippen molar-refractivity contribution in [3.63, 3.8) is 0 Å². The van der Waals surface area contributed by atoms with Gasteiger partial charge in [0.15, 0.2) is 0 Å². The first kappa shape index (κ1) is 16.5. The molecule has 0 bridgehead atoms. The van der Waals surface area contributed by atoms with Gasteiger partial charge in [0, 0.05) is 10.6 Å². The lowest BCUT2D eigenvalue weighted by Gasteiger charge is -2.21. The van der Waals surface area contributed by atoms with Crippen molar-refractivity contribution in [3.05, 3.63) is 70.7 Å². The van der Waals surface area contributed by atoms with Crippen molar-refractivity contribution < 1.29 is 19.0 Å². The fourth-order valence-corrected chi connectivity index (χ4v) is 2.98. The number of halogens is 2. The van der Waals surface area contributed by atoms with Gasteiger partial charge in [-0.3, -0.25) is 0 Å². The first-order valence-electron chi connectivity index (χ1n) is 7.06. The average molecular weight is 398 g/mol. The molecule has 23 heavy (non-hydrogen) atoms. The van der Waals surface area contributed by atoms with Crippen LogP contribution in [0.3, 0.4) is 0 Å². The number of esters is 1. The highest BCUT2D eigenvalue weighted by Gasteiger charge is 2.41. The molecule has 1 aliphatic heterocycles. The van der Waals surface area contributed by atoms with E-state index in [0.29, 0.717) is 17.2 Å². The number of hydrogen-bond donors (Lipinski definition) is 0.